The highest BCUT2D eigenvalue weighted by Crippen LogP contribution is 2.30. The molecule has 2 rings (SSSR count). The van der Waals surface area contributed by atoms with Crippen molar-refractivity contribution >= 4 is 23.1 Å². The van der Waals surface area contributed by atoms with Gasteiger partial charge in [-0.15, -0.1) is 0 Å². The highest BCUT2D eigenvalue weighted by atomic mass is 16.6. The number of hydrazine groups is 1. The average Bonchev–Trinajstić information content (AvgIpc) is 2.46. The van der Waals surface area contributed by atoms with E-state index in [4.69, 9.17) is 5.84 Å². The lowest BCUT2D eigenvalue weighted by Gasteiger charge is -2.18. The van der Waals surface area contributed by atoms with E-state index in [2.05, 4.69) is 15.4 Å². The molecule has 0 bridgehead atoms. The van der Waals surface area contributed by atoms with E-state index in [9.17, 15) is 10.1 Å². The van der Waals surface area contributed by atoms with E-state index in [0.717, 1.165) is 11.9 Å². The van der Waals surface area contributed by atoms with Crippen molar-refractivity contribution in [2.75, 3.05) is 17.4 Å². The molecule has 0 atom stereocenters. The maximum absolute atomic E-state index is 11.0. The lowest BCUT2D eigenvalue weighted by atomic mass is 10.3. The third-order valence-corrected chi connectivity index (χ3v) is 2.54. The Kier molecular flexibility index (Phi) is 3.53. The number of nitro groups is 1. The first-order valence-electron chi connectivity index (χ1n) is 5.40. The molecule has 0 aliphatic heterocycles. The summed E-state index contributed by atoms with van der Waals surface area (Å²) in [6.45, 7) is 0. The number of nitrogens with one attached hydrogen (secondary N) is 1. The van der Waals surface area contributed by atoms with Gasteiger partial charge in [-0.1, -0.05) is 18.2 Å². The van der Waals surface area contributed by atoms with Crippen molar-refractivity contribution in [2.24, 2.45) is 5.84 Å². The van der Waals surface area contributed by atoms with Crippen LogP contribution in [-0.2, 0) is 0 Å². The van der Waals surface area contributed by atoms with Crippen molar-refractivity contribution in [1.29, 1.82) is 0 Å². The van der Waals surface area contributed by atoms with Crippen LogP contribution < -0.4 is 16.2 Å². The Labute approximate surface area is 109 Å². The van der Waals surface area contributed by atoms with Crippen molar-refractivity contribution < 1.29 is 4.92 Å². The lowest BCUT2D eigenvalue weighted by Crippen LogP contribution is -2.17. The SMILES string of the molecule is CN(c1ccccc1)c1nc(NN)ncc1[N+](=O)[O-]. The molecule has 19 heavy (non-hydrogen) atoms. The highest BCUT2D eigenvalue weighted by molar-refractivity contribution is 5.68. The van der Waals surface area contributed by atoms with Gasteiger partial charge >= 0.3 is 5.69 Å². The quantitative estimate of drug-likeness (QED) is 0.486. The fourth-order valence-electron chi connectivity index (χ4n) is 1.59. The molecular formula is C11H12N6O2. The van der Waals surface area contributed by atoms with Crippen molar-refractivity contribution in [3.05, 3.63) is 46.6 Å². The summed E-state index contributed by atoms with van der Waals surface area (Å²) in [5.41, 5.74) is 2.85. The molecule has 0 aliphatic rings. The third-order valence-electron chi connectivity index (χ3n) is 2.54. The Balaban J connectivity index is 2.50. The van der Waals surface area contributed by atoms with Gasteiger partial charge in [-0.05, 0) is 12.1 Å². The third kappa shape index (κ3) is 2.58. The van der Waals surface area contributed by atoms with Crippen molar-refractivity contribution in [2.45, 2.75) is 0 Å². The number of aromatic nitrogens is 2. The van der Waals surface area contributed by atoms with E-state index in [-0.39, 0.29) is 17.5 Å². The molecule has 1 aromatic carbocycles. The number of benzene rings is 1. The fourth-order valence-corrected chi connectivity index (χ4v) is 1.59. The topological polar surface area (TPSA) is 110 Å². The second-order valence-corrected chi connectivity index (χ2v) is 3.70. The number of nitrogen functional groups attached to an aromatic ring is 1. The van der Waals surface area contributed by atoms with Crippen LogP contribution >= 0.6 is 0 Å². The molecule has 0 fully saturated rings. The van der Waals surface area contributed by atoms with Crippen LogP contribution in [0.2, 0.25) is 0 Å². The Morgan fingerprint density at radius 2 is 2.05 bits per heavy atom. The Morgan fingerprint density at radius 1 is 1.37 bits per heavy atom. The van der Waals surface area contributed by atoms with Crippen molar-refractivity contribution in [1.82, 2.24) is 9.97 Å². The predicted molar refractivity (Wildman–Crippen MR) is 71.0 cm³/mol. The van der Waals surface area contributed by atoms with Gasteiger partial charge in [0, 0.05) is 12.7 Å². The minimum absolute atomic E-state index is 0.114. The zero-order chi connectivity index (χ0) is 13.8. The molecule has 8 nitrogen and oxygen atoms in total. The molecule has 0 amide bonds. The van der Waals surface area contributed by atoms with Crippen LogP contribution in [0.3, 0.4) is 0 Å². The molecule has 98 valence electrons. The number of nitrogens with zero attached hydrogens (tertiary/aromatic N) is 4. The summed E-state index contributed by atoms with van der Waals surface area (Å²) in [6.07, 6.45) is 1.12. The van der Waals surface area contributed by atoms with E-state index < -0.39 is 4.92 Å². The minimum atomic E-state index is -0.533. The van der Waals surface area contributed by atoms with Crippen LogP contribution in [0.15, 0.2) is 36.5 Å². The normalized spacial score (nSPS) is 10.0. The molecule has 0 radical (unpaired) electrons. The molecule has 8 heteroatoms. The van der Waals surface area contributed by atoms with Gasteiger partial charge in [0.25, 0.3) is 0 Å². The van der Waals surface area contributed by atoms with Gasteiger partial charge in [-0.3, -0.25) is 15.5 Å². The maximum Gasteiger partial charge on any atom is 0.330 e. The second kappa shape index (κ2) is 5.27. The Hall–Kier alpha value is -2.74. The van der Waals surface area contributed by atoms with E-state index >= 15 is 0 Å². The van der Waals surface area contributed by atoms with Gasteiger partial charge in [0.05, 0.1) is 4.92 Å². The van der Waals surface area contributed by atoms with Crippen LogP contribution in [-0.4, -0.2) is 21.9 Å². The van der Waals surface area contributed by atoms with Gasteiger partial charge in [-0.25, -0.2) is 10.8 Å². The molecule has 1 aromatic heterocycles. The summed E-state index contributed by atoms with van der Waals surface area (Å²) in [7, 11) is 1.69. The van der Waals surface area contributed by atoms with Gasteiger partial charge in [0.1, 0.15) is 6.20 Å². The minimum Gasteiger partial charge on any atom is -0.324 e. The molecule has 0 spiro atoms. The smallest absolute Gasteiger partial charge is 0.324 e. The first-order chi connectivity index (χ1) is 9.13. The zero-order valence-electron chi connectivity index (χ0n) is 10.1. The molecule has 0 unspecified atom stereocenters. The molecule has 0 saturated carbocycles. The van der Waals surface area contributed by atoms with E-state index in [1.54, 1.807) is 11.9 Å². The molecule has 3 N–H and O–H groups in total. The van der Waals surface area contributed by atoms with Crippen LogP contribution in [0.1, 0.15) is 0 Å². The predicted octanol–water partition coefficient (Wildman–Crippen LogP) is 1.44. The fraction of sp³-hybridized carbons (Fsp3) is 0.0909. The second-order valence-electron chi connectivity index (χ2n) is 3.70. The lowest BCUT2D eigenvalue weighted by molar-refractivity contribution is -0.384. The zero-order valence-corrected chi connectivity index (χ0v) is 10.1. The van der Waals surface area contributed by atoms with Crippen molar-refractivity contribution in [3.63, 3.8) is 0 Å². The Bertz CT molecular complexity index is 589. The first kappa shape index (κ1) is 12.7. The molecular weight excluding hydrogens is 248 g/mol. The van der Waals surface area contributed by atoms with Gasteiger partial charge in [0.15, 0.2) is 0 Å². The summed E-state index contributed by atoms with van der Waals surface area (Å²) in [5.74, 6) is 5.50. The molecule has 2 aromatic rings. The number of para-hydroxylation sites is 1. The molecule has 0 aliphatic carbocycles. The highest BCUT2D eigenvalue weighted by Gasteiger charge is 2.21. The average molecular weight is 260 g/mol. The van der Waals surface area contributed by atoms with Crippen LogP contribution in [0, 0.1) is 10.1 Å². The Morgan fingerprint density at radius 3 is 2.63 bits per heavy atom. The summed E-state index contributed by atoms with van der Waals surface area (Å²) in [4.78, 5) is 19.8. The van der Waals surface area contributed by atoms with Gasteiger partial charge < -0.3 is 4.90 Å². The number of nitrogens with two attached hydrogens (primary N) is 1. The largest absolute Gasteiger partial charge is 0.330 e. The summed E-state index contributed by atoms with van der Waals surface area (Å²) < 4.78 is 0. The van der Waals surface area contributed by atoms with Gasteiger partial charge in [-0.2, -0.15) is 4.98 Å². The number of rotatable bonds is 4. The van der Waals surface area contributed by atoms with Crippen LogP contribution in [0.25, 0.3) is 0 Å². The first-order valence-corrected chi connectivity index (χ1v) is 5.40. The van der Waals surface area contributed by atoms with Crippen molar-refractivity contribution in [3.8, 4) is 0 Å². The molecule has 1 heterocycles. The van der Waals surface area contributed by atoms with Crippen LogP contribution in [0.5, 0.6) is 0 Å². The van der Waals surface area contributed by atoms with Crippen LogP contribution in [0.4, 0.5) is 23.1 Å². The van der Waals surface area contributed by atoms with E-state index in [1.165, 1.54) is 0 Å². The van der Waals surface area contributed by atoms with E-state index in [1.807, 2.05) is 30.3 Å². The maximum atomic E-state index is 11.0. The summed E-state index contributed by atoms with van der Waals surface area (Å²) >= 11 is 0. The monoisotopic (exact) mass is 260 g/mol. The number of hydrogen-bond acceptors (Lipinski definition) is 7. The van der Waals surface area contributed by atoms with E-state index in [0.29, 0.717) is 0 Å². The number of anilines is 3. The molecule has 0 saturated heterocycles. The van der Waals surface area contributed by atoms with Gasteiger partial charge in [0.2, 0.25) is 11.8 Å². The summed E-state index contributed by atoms with van der Waals surface area (Å²) in [6, 6.07) is 9.17. The summed E-state index contributed by atoms with van der Waals surface area (Å²) in [5, 5.41) is 11.0. The number of hydrogen-bond donors (Lipinski definition) is 2. The standard InChI is InChI=1S/C11H12N6O2/c1-16(8-5-3-2-4-6-8)10-9(17(18)19)7-13-11(14-10)15-12/h2-7H,12H2,1H3,(H,13,14,15).